The van der Waals surface area contributed by atoms with Gasteiger partial charge in [-0.15, -0.1) is 0 Å². The molecule has 116 valence electrons. The number of aryl methyl sites for hydroxylation is 2. The van der Waals surface area contributed by atoms with Crippen molar-refractivity contribution in [3.8, 4) is 5.75 Å². The minimum atomic E-state index is -3.74. The zero-order valence-corrected chi connectivity index (χ0v) is 12.9. The molecule has 3 N–H and O–H groups in total. The monoisotopic (exact) mass is 313 g/mol. The zero-order chi connectivity index (χ0) is 15.6. The predicted octanol–water partition coefficient (Wildman–Crippen LogP) is 0.355. The van der Waals surface area contributed by atoms with Crippen LogP contribution in [0.1, 0.15) is 11.1 Å². The standard InChI is InChI=1S/C13H19N3O4S/c1-9-7-11(8-10(2)12(9)21(14,18)19)20-6-5-16-4-3-15-13(16)17/h7-8H,3-6H2,1-2H3,(H,15,17)(H2,14,18,19). The summed E-state index contributed by atoms with van der Waals surface area (Å²) in [5.74, 6) is 0.567. The van der Waals surface area contributed by atoms with E-state index in [4.69, 9.17) is 9.88 Å². The van der Waals surface area contributed by atoms with E-state index in [0.29, 0.717) is 43.1 Å². The van der Waals surface area contributed by atoms with Gasteiger partial charge in [0.05, 0.1) is 11.4 Å². The van der Waals surface area contributed by atoms with E-state index in [0.717, 1.165) is 0 Å². The molecule has 1 heterocycles. The normalized spacial score (nSPS) is 15.2. The number of nitrogens with one attached hydrogen (secondary N) is 1. The molecule has 8 heteroatoms. The van der Waals surface area contributed by atoms with Gasteiger partial charge in [-0.05, 0) is 37.1 Å². The van der Waals surface area contributed by atoms with E-state index in [2.05, 4.69) is 5.32 Å². The molecule has 0 atom stereocenters. The van der Waals surface area contributed by atoms with Crippen LogP contribution in [0.2, 0.25) is 0 Å². The van der Waals surface area contributed by atoms with E-state index in [1.165, 1.54) is 0 Å². The Labute approximate surface area is 124 Å². The van der Waals surface area contributed by atoms with Crippen LogP contribution >= 0.6 is 0 Å². The lowest BCUT2D eigenvalue weighted by Crippen LogP contribution is -2.31. The van der Waals surface area contributed by atoms with Crippen molar-refractivity contribution in [2.45, 2.75) is 18.7 Å². The number of urea groups is 1. The maximum Gasteiger partial charge on any atom is 0.317 e. The topological polar surface area (TPSA) is 102 Å². The highest BCUT2D eigenvalue weighted by atomic mass is 32.2. The molecule has 0 unspecified atom stereocenters. The predicted molar refractivity (Wildman–Crippen MR) is 77.8 cm³/mol. The molecule has 0 aromatic heterocycles. The van der Waals surface area contributed by atoms with Gasteiger partial charge in [0.25, 0.3) is 0 Å². The van der Waals surface area contributed by atoms with Gasteiger partial charge >= 0.3 is 6.03 Å². The van der Waals surface area contributed by atoms with Crippen molar-refractivity contribution in [2.24, 2.45) is 5.14 Å². The van der Waals surface area contributed by atoms with E-state index in [9.17, 15) is 13.2 Å². The average Bonchev–Trinajstić information content (AvgIpc) is 2.72. The molecule has 1 aromatic carbocycles. The number of ether oxygens (including phenoxy) is 1. The summed E-state index contributed by atoms with van der Waals surface area (Å²) in [5, 5.41) is 7.90. The van der Waals surface area contributed by atoms with E-state index in [1.54, 1.807) is 30.9 Å². The summed E-state index contributed by atoms with van der Waals surface area (Å²) in [6.45, 7) is 5.51. The maximum absolute atomic E-state index is 11.5. The first-order valence-electron chi connectivity index (χ1n) is 6.58. The molecule has 1 aliphatic heterocycles. The first-order chi connectivity index (χ1) is 9.79. The lowest BCUT2D eigenvalue weighted by atomic mass is 10.1. The highest BCUT2D eigenvalue weighted by molar-refractivity contribution is 7.89. The molecular formula is C13H19N3O4S. The second-order valence-corrected chi connectivity index (χ2v) is 6.50. The van der Waals surface area contributed by atoms with Crippen LogP contribution in [-0.4, -0.2) is 45.6 Å². The molecule has 1 aliphatic rings. The van der Waals surface area contributed by atoms with Crippen LogP contribution in [0, 0.1) is 13.8 Å². The lowest BCUT2D eigenvalue weighted by Gasteiger charge is -2.16. The summed E-state index contributed by atoms with van der Waals surface area (Å²) in [6.07, 6.45) is 0. The second kappa shape index (κ2) is 5.90. The zero-order valence-electron chi connectivity index (χ0n) is 12.0. The van der Waals surface area contributed by atoms with Crippen LogP contribution in [0.15, 0.2) is 17.0 Å². The van der Waals surface area contributed by atoms with E-state index >= 15 is 0 Å². The van der Waals surface area contributed by atoms with E-state index in [1.807, 2.05) is 0 Å². The van der Waals surface area contributed by atoms with Crippen molar-refractivity contribution in [2.75, 3.05) is 26.2 Å². The molecule has 1 saturated heterocycles. The van der Waals surface area contributed by atoms with Gasteiger partial charge in [0.15, 0.2) is 0 Å². The quantitative estimate of drug-likeness (QED) is 0.819. The van der Waals surface area contributed by atoms with Crippen molar-refractivity contribution >= 4 is 16.1 Å². The van der Waals surface area contributed by atoms with Gasteiger partial charge in [-0.3, -0.25) is 0 Å². The Morgan fingerprint density at radius 2 is 1.95 bits per heavy atom. The number of nitrogens with two attached hydrogens (primary N) is 1. The molecule has 0 spiro atoms. The van der Waals surface area contributed by atoms with Crippen LogP contribution in [-0.2, 0) is 10.0 Å². The van der Waals surface area contributed by atoms with Crippen LogP contribution < -0.4 is 15.2 Å². The summed E-state index contributed by atoms with van der Waals surface area (Å²) >= 11 is 0. The molecule has 0 radical (unpaired) electrons. The van der Waals surface area contributed by atoms with Crippen molar-refractivity contribution in [1.29, 1.82) is 0 Å². The number of carbonyl (C=O) groups excluding carboxylic acids is 1. The number of rotatable bonds is 5. The van der Waals surface area contributed by atoms with E-state index < -0.39 is 10.0 Å². The number of primary sulfonamides is 1. The molecule has 1 aromatic rings. The molecular weight excluding hydrogens is 294 g/mol. The summed E-state index contributed by atoms with van der Waals surface area (Å²) in [4.78, 5) is 13.2. The SMILES string of the molecule is Cc1cc(OCCN2CCNC2=O)cc(C)c1S(N)(=O)=O. The highest BCUT2D eigenvalue weighted by Gasteiger charge is 2.19. The van der Waals surface area contributed by atoms with Crippen LogP contribution in [0.25, 0.3) is 0 Å². The molecule has 2 amide bonds. The van der Waals surface area contributed by atoms with Crippen molar-refractivity contribution < 1.29 is 17.9 Å². The third-order valence-electron chi connectivity index (χ3n) is 3.29. The van der Waals surface area contributed by atoms with Crippen molar-refractivity contribution in [3.05, 3.63) is 23.3 Å². The number of carbonyl (C=O) groups is 1. The van der Waals surface area contributed by atoms with Crippen LogP contribution in [0.4, 0.5) is 4.79 Å². The van der Waals surface area contributed by atoms with Crippen molar-refractivity contribution in [3.63, 3.8) is 0 Å². The Bertz CT molecular complexity index is 634. The molecule has 0 bridgehead atoms. The number of benzene rings is 1. The van der Waals surface area contributed by atoms with Crippen LogP contribution in [0.5, 0.6) is 5.75 Å². The molecule has 2 rings (SSSR count). The Hall–Kier alpha value is -1.80. The van der Waals surface area contributed by atoms with E-state index in [-0.39, 0.29) is 10.9 Å². The highest BCUT2D eigenvalue weighted by Crippen LogP contribution is 2.24. The molecule has 21 heavy (non-hydrogen) atoms. The molecule has 7 nitrogen and oxygen atoms in total. The first kappa shape index (κ1) is 15.6. The molecule has 1 fully saturated rings. The third kappa shape index (κ3) is 3.64. The van der Waals surface area contributed by atoms with Gasteiger partial charge in [0.1, 0.15) is 12.4 Å². The van der Waals surface area contributed by atoms with Gasteiger partial charge in [-0.25, -0.2) is 18.4 Å². The average molecular weight is 313 g/mol. The summed E-state index contributed by atoms with van der Waals surface area (Å²) in [5.41, 5.74) is 1.10. The third-order valence-corrected chi connectivity index (χ3v) is 4.51. The summed E-state index contributed by atoms with van der Waals surface area (Å²) in [6, 6.07) is 3.18. The molecule has 0 aliphatic carbocycles. The Kier molecular flexibility index (Phi) is 4.38. The number of amides is 2. The Balaban J connectivity index is 2.03. The summed E-state index contributed by atoms with van der Waals surface area (Å²) < 4.78 is 28.6. The van der Waals surface area contributed by atoms with Crippen LogP contribution in [0.3, 0.4) is 0 Å². The van der Waals surface area contributed by atoms with Gasteiger partial charge < -0.3 is 15.0 Å². The fourth-order valence-corrected chi connectivity index (χ4v) is 3.46. The van der Waals surface area contributed by atoms with Gasteiger partial charge in [0.2, 0.25) is 10.0 Å². The smallest absolute Gasteiger partial charge is 0.317 e. The van der Waals surface area contributed by atoms with Gasteiger partial charge in [0, 0.05) is 13.1 Å². The first-order valence-corrected chi connectivity index (χ1v) is 8.13. The number of hydrogen-bond donors (Lipinski definition) is 2. The largest absolute Gasteiger partial charge is 0.492 e. The Morgan fingerprint density at radius 1 is 1.33 bits per heavy atom. The lowest BCUT2D eigenvalue weighted by molar-refractivity contribution is 0.202. The second-order valence-electron chi connectivity index (χ2n) is 5.00. The number of nitrogens with zero attached hydrogens (tertiary/aromatic N) is 1. The van der Waals surface area contributed by atoms with Crippen molar-refractivity contribution in [1.82, 2.24) is 10.2 Å². The number of sulfonamides is 1. The van der Waals surface area contributed by atoms with Gasteiger partial charge in [-0.2, -0.15) is 0 Å². The minimum Gasteiger partial charge on any atom is -0.492 e. The fourth-order valence-electron chi connectivity index (χ4n) is 2.44. The molecule has 0 saturated carbocycles. The fraction of sp³-hybridized carbons (Fsp3) is 0.462. The minimum absolute atomic E-state index is 0.0875. The van der Waals surface area contributed by atoms with Gasteiger partial charge in [-0.1, -0.05) is 0 Å². The summed E-state index contributed by atoms with van der Waals surface area (Å²) in [7, 11) is -3.74. The maximum atomic E-state index is 11.5. The Morgan fingerprint density at radius 3 is 2.43 bits per heavy atom. The number of hydrogen-bond acceptors (Lipinski definition) is 4.